The molecule has 1 fully saturated rings. The minimum absolute atomic E-state index is 0.000541. The molecule has 7 nitrogen and oxygen atoms in total. The van der Waals surface area contributed by atoms with Crippen LogP contribution in [0.2, 0.25) is 0 Å². The number of carbonyl (C=O) groups excluding carboxylic acids is 2. The van der Waals surface area contributed by atoms with Crippen LogP contribution in [0, 0.1) is 17.3 Å². The Morgan fingerprint density at radius 2 is 1.60 bits per heavy atom. The average Bonchev–Trinajstić information content (AvgIpc) is 3.44. The van der Waals surface area contributed by atoms with Gasteiger partial charge in [0.05, 0.1) is 5.92 Å². The zero-order valence-electron chi connectivity index (χ0n) is 20.4. The van der Waals surface area contributed by atoms with Crippen LogP contribution < -0.4 is 10.6 Å². The lowest BCUT2D eigenvalue weighted by Crippen LogP contribution is -2.42. The van der Waals surface area contributed by atoms with Crippen LogP contribution in [-0.4, -0.2) is 42.8 Å². The number of hydrogen-bond donors (Lipinski definition) is 3. The van der Waals surface area contributed by atoms with Crippen LogP contribution in [0.4, 0.5) is 4.79 Å². The zero-order chi connectivity index (χ0) is 25.0. The van der Waals surface area contributed by atoms with E-state index in [0.29, 0.717) is 25.9 Å². The minimum Gasteiger partial charge on any atom is -0.481 e. The highest BCUT2D eigenvalue weighted by atomic mass is 16.5. The Kier molecular flexibility index (Phi) is 7.43. The maximum absolute atomic E-state index is 12.7. The molecule has 2 unspecified atom stereocenters. The number of hydrogen-bond acceptors (Lipinski definition) is 4. The summed E-state index contributed by atoms with van der Waals surface area (Å²) in [5, 5.41) is 15.0. The molecule has 0 radical (unpaired) electrons. The van der Waals surface area contributed by atoms with Crippen LogP contribution in [0.25, 0.3) is 11.1 Å². The lowest BCUT2D eigenvalue weighted by Gasteiger charge is -2.25. The van der Waals surface area contributed by atoms with Crippen LogP contribution in [0.15, 0.2) is 48.5 Å². The molecule has 2 amide bonds. The summed E-state index contributed by atoms with van der Waals surface area (Å²) >= 11 is 0. The predicted molar refractivity (Wildman–Crippen MR) is 133 cm³/mol. The number of fused-ring (bicyclic) bond motifs is 3. The molecule has 2 aromatic rings. The van der Waals surface area contributed by atoms with Crippen LogP contribution in [-0.2, 0) is 14.3 Å². The van der Waals surface area contributed by atoms with E-state index in [4.69, 9.17) is 4.74 Å². The third kappa shape index (κ3) is 5.50. The highest BCUT2D eigenvalue weighted by Crippen LogP contribution is 2.44. The summed E-state index contributed by atoms with van der Waals surface area (Å²) in [6, 6.07) is 16.4. The van der Waals surface area contributed by atoms with Crippen molar-refractivity contribution in [1.82, 2.24) is 10.6 Å². The van der Waals surface area contributed by atoms with Crippen molar-refractivity contribution in [2.75, 3.05) is 19.7 Å². The number of carboxylic acid groups (broad SMARTS) is 1. The van der Waals surface area contributed by atoms with Crippen LogP contribution in [0.3, 0.4) is 0 Å². The quantitative estimate of drug-likeness (QED) is 0.490. The Morgan fingerprint density at radius 1 is 0.971 bits per heavy atom. The highest BCUT2D eigenvalue weighted by Gasteiger charge is 2.35. The minimum atomic E-state index is -0.784. The summed E-state index contributed by atoms with van der Waals surface area (Å²) in [4.78, 5) is 36.4. The van der Waals surface area contributed by atoms with E-state index in [1.165, 1.54) is 11.1 Å². The molecule has 0 aliphatic heterocycles. The second-order valence-electron chi connectivity index (χ2n) is 10.2. The van der Waals surface area contributed by atoms with E-state index in [1.807, 2.05) is 38.1 Å². The SMILES string of the molecule is CC(C)(CCNC(=O)OCC1c2ccccc2-c2ccccc21)C(=O)NCC1CCCC1C(=O)O. The maximum atomic E-state index is 12.7. The van der Waals surface area contributed by atoms with Gasteiger partial charge in [0.15, 0.2) is 0 Å². The molecule has 3 N–H and O–H groups in total. The molecule has 4 rings (SSSR count). The molecule has 0 spiro atoms. The van der Waals surface area contributed by atoms with Gasteiger partial charge in [-0.1, -0.05) is 68.8 Å². The van der Waals surface area contributed by atoms with Gasteiger partial charge in [0.25, 0.3) is 0 Å². The van der Waals surface area contributed by atoms with E-state index < -0.39 is 17.5 Å². The van der Waals surface area contributed by atoms with E-state index in [2.05, 4.69) is 34.9 Å². The second kappa shape index (κ2) is 10.5. The van der Waals surface area contributed by atoms with Crippen molar-refractivity contribution >= 4 is 18.0 Å². The normalized spacial score (nSPS) is 19.0. The van der Waals surface area contributed by atoms with Gasteiger partial charge < -0.3 is 20.5 Å². The number of nitrogens with one attached hydrogen (secondary N) is 2. The van der Waals surface area contributed by atoms with Gasteiger partial charge in [-0.15, -0.1) is 0 Å². The van der Waals surface area contributed by atoms with Crippen molar-refractivity contribution in [3.05, 3.63) is 59.7 Å². The smallest absolute Gasteiger partial charge is 0.407 e. The zero-order valence-corrected chi connectivity index (χ0v) is 20.4. The lowest BCUT2D eigenvalue weighted by molar-refractivity contribution is -0.143. The molecule has 1 saturated carbocycles. The van der Waals surface area contributed by atoms with E-state index in [9.17, 15) is 19.5 Å². The summed E-state index contributed by atoms with van der Waals surface area (Å²) in [6.45, 7) is 4.57. The Hall–Kier alpha value is -3.35. The van der Waals surface area contributed by atoms with Gasteiger partial charge in [-0.05, 0) is 47.4 Å². The largest absolute Gasteiger partial charge is 0.481 e. The van der Waals surface area contributed by atoms with Gasteiger partial charge in [0.1, 0.15) is 6.61 Å². The van der Waals surface area contributed by atoms with Gasteiger partial charge in [-0.3, -0.25) is 9.59 Å². The molecule has 0 bridgehead atoms. The van der Waals surface area contributed by atoms with Gasteiger partial charge in [0.2, 0.25) is 5.91 Å². The molecule has 7 heteroatoms. The van der Waals surface area contributed by atoms with Crippen LogP contribution in [0.1, 0.15) is 56.6 Å². The van der Waals surface area contributed by atoms with Crippen LogP contribution in [0.5, 0.6) is 0 Å². The third-order valence-corrected chi connectivity index (χ3v) is 7.48. The van der Waals surface area contributed by atoms with Gasteiger partial charge in [-0.2, -0.15) is 0 Å². The number of alkyl carbamates (subject to hydrolysis) is 1. The van der Waals surface area contributed by atoms with Crippen molar-refractivity contribution in [2.45, 2.75) is 45.4 Å². The van der Waals surface area contributed by atoms with E-state index in [0.717, 1.165) is 24.0 Å². The summed E-state index contributed by atoms with van der Waals surface area (Å²) in [5.41, 5.74) is 3.97. The van der Waals surface area contributed by atoms with E-state index >= 15 is 0 Å². The first-order chi connectivity index (χ1) is 16.8. The molecule has 186 valence electrons. The van der Waals surface area contributed by atoms with Gasteiger partial charge in [0, 0.05) is 24.4 Å². The Balaban J connectivity index is 1.23. The van der Waals surface area contributed by atoms with E-state index in [1.54, 1.807) is 0 Å². The van der Waals surface area contributed by atoms with Gasteiger partial charge in [-0.25, -0.2) is 4.79 Å². The topological polar surface area (TPSA) is 105 Å². The van der Waals surface area contributed by atoms with Gasteiger partial charge >= 0.3 is 12.1 Å². The first-order valence-electron chi connectivity index (χ1n) is 12.4. The first-order valence-corrected chi connectivity index (χ1v) is 12.4. The number of carbonyl (C=O) groups is 3. The van der Waals surface area contributed by atoms with Crippen molar-refractivity contribution < 1.29 is 24.2 Å². The molecule has 2 aromatic carbocycles. The summed E-state index contributed by atoms with van der Waals surface area (Å²) in [6.07, 6.45) is 2.31. The molecule has 2 atom stereocenters. The van der Waals surface area contributed by atoms with Crippen molar-refractivity contribution in [3.8, 4) is 11.1 Å². The molecule has 2 aliphatic carbocycles. The number of amides is 2. The first kappa shape index (κ1) is 24.8. The molecular weight excluding hydrogens is 444 g/mol. The monoisotopic (exact) mass is 478 g/mol. The fourth-order valence-electron chi connectivity index (χ4n) is 5.31. The number of carboxylic acids is 1. The lowest BCUT2D eigenvalue weighted by atomic mass is 9.87. The highest BCUT2D eigenvalue weighted by molar-refractivity contribution is 5.82. The molecule has 0 heterocycles. The predicted octanol–water partition coefficient (Wildman–Crippen LogP) is 4.56. The van der Waals surface area contributed by atoms with E-state index in [-0.39, 0.29) is 30.3 Å². The van der Waals surface area contributed by atoms with Crippen molar-refractivity contribution in [2.24, 2.45) is 17.3 Å². The number of aliphatic carboxylic acids is 1. The molecule has 2 aliphatic rings. The number of ether oxygens (including phenoxy) is 1. The third-order valence-electron chi connectivity index (χ3n) is 7.48. The molecular formula is C28H34N2O5. The average molecular weight is 479 g/mol. The molecule has 0 saturated heterocycles. The second-order valence-corrected chi connectivity index (χ2v) is 10.2. The number of rotatable bonds is 9. The standard InChI is InChI=1S/C28H34N2O5/c1-28(2,26(33)30-16-18-8-7-13-19(18)25(31)32)14-15-29-27(34)35-17-24-22-11-5-3-9-20(22)21-10-4-6-12-23(21)24/h3-6,9-12,18-19,24H,7-8,13-17H2,1-2H3,(H,29,34)(H,30,33)(H,31,32). The fraction of sp³-hybridized carbons (Fsp3) is 0.464. The number of benzene rings is 2. The maximum Gasteiger partial charge on any atom is 0.407 e. The molecule has 0 aromatic heterocycles. The van der Waals surface area contributed by atoms with Crippen molar-refractivity contribution in [3.63, 3.8) is 0 Å². The summed E-state index contributed by atoms with van der Waals surface area (Å²) in [7, 11) is 0. The Morgan fingerprint density at radius 3 is 2.23 bits per heavy atom. The fourth-order valence-corrected chi connectivity index (χ4v) is 5.31. The summed E-state index contributed by atoms with van der Waals surface area (Å²) in [5.74, 6) is -1.32. The Bertz CT molecular complexity index is 1050. The summed E-state index contributed by atoms with van der Waals surface area (Å²) < 4.78 is 5.56. The van der Waals surface area contributed by atoms with Crippen LogP contribution >= 0.6 is 0 Å². The van der Waals surface area contributed by atoms with Crippen molar-refractivity contribution in [1.29, 1.82) is 0 Å². The molecule has 35 heavy (non-hydrogen) atoms. The Labute approximate surface area is 206 Å².